The highest BCUT2D eigenvalue weighted by Crippen LogP contribution is 2.25. The van der Waals surface area contributed by atoms with Gasteiger partial charge in [0.05, 0.1) is 5.52 Å². The van der Waals surface area contributed by atoms with Gasteiger partial charge in [-0.25, -0.2) is 4.39 Å². The van der Waals surface area contributed by atoms with E-state index in [1.807, 2.05) is 24.3 Å². The number of aryl methyl sites for hydroxylation is 2. The number of fused-ring (bicyclic) bond motifs is 1. The van der Waals surface area contributed by atoms with Gasteiger partial charge in [0.15, 0.2) is 5.69 Å². The summed E-state index contributed by atoms with van der Waals surface area (Å²) in [5, 5.41) is 7.86. The molecule has 0 saturated carbocycles. The number of hydrogen-bond donors (Lipinski definition) is 1. The van der Waals surface area contributed by atoms with Crippen LogP contribution < -0.4 is 5.32 Å². The van der Waals surface area contributed by atoms with Crippen LogP contribution in [-0.4, -0.2) is 15.7 Å². The van der Waals surface area contributed by atoms with E-state index in [0.717, 1.165) is 16.5 Å². The second-order valence-electron chi connectivity index (χ2n) is 5.34. The Labute approximate surface area is 146 Å². The quantitative estimate of drug-likeness (QED) is 0.507. The van der Waals surface area contributed by atoms with Crippen molar-refractivity contribution in [3.63, 3.8) is 0 Å². The fraction of sp³-hybridized carbons (Fsp3) is 0.176. The zero-order chi connectivity index (χ0) is 16.6. The summed E-state index contributed by atoms with van der Waals surface area (Å²) >= 11 is 2.19. The molecule has 6 heteroatoms. The second kappa shape index (κ2) is 6.27. The van der Waals surface area contributed by atoms with Gasteiger partial charge in [-0.2, -0.15) is 5.10 Å². The summed E-state index contributed by atoms with van der Waals surface area (Å²) in [6.45, 7) is 1.71. The molecule has 0 aliphatic carbocycles. The molecule has 3 rings (SSSR count). The third kappa shape index (κ3) is 2.95. The van der Waals surface area contributed by atoms with Gasteiger partial charge in [-0.1, -0.05) is 46.9 Å². The number of aromatic nitrogens is 2. The van der Waals surface area contributed by atoms with Crippen LogP contribution >= 0.6 is 22.6 Å². The van der Waals surface area contributed by atoms with Crippen LogP contribution in [0.3, 0.4) is 0 Å². The van der Waals surface area contributed by atoms with Crippen molar-refractivity contribution in [3.05, 3.63) is 59.0 Å². The van der Waals surface area contributed by atoms with Gasteiger partial charge >= 0.3 is 0 Å². The van der Waals surface area contributed by atoms with E-state index in [4.69, 9.17) is 0 Å². The van der Waals surface area contributed by atoms with E-state index in [1.165, 1.54) is 6.07 Å². The zero-order valence-electron chi connectivity index (χ0n) is 12.7. The predicted molar refractivity (Wildman–Crippen MR) is 97.5 cm³/mol. The fourth-order valence-corrected chi connectivity index (χ4v) is 3.16. The maximum absolute atomic E-state index is 13.8. The Morgan fingerprint density at radius 3 is 2.83 bits per heavy atom. The van der Waals surface area contributed by atoms with Crippen molar-refractivity contribution in [2.24, 2.45) is 7.05 Å². The molecule has 0 bridgehead atoms. The smallest absolute Gasteiger partial charge is 0.276 e. The molecule has 0 aliphatic rings. The molecule has 1 heterocycles. The highest BCUT2D eigenvalue weighted by atomic mass is 127. The molecule has 0 radical (unpaired) electrons. The van der Waals surface area contributed by atoms with Crippen molar-refractivity contribution in [2.75, 3.05) is 5.32 Å². The third-order valence-electron chi connectivity index (χ3n) is 3.75. The maximum atomic E-state index is 13.8. The van der Waals surface area contributed by atoms with E-state index in [0.29, 0.717) is 21.4 Å². The highest BCUT2D eigenvalue weighted by molar-refractivity contribution is 14.1. The number of carbonyl (C=O) groups excluding carboxylic acids is 1. The number of alkyl halides is 1. The van der Waals surface area contributed by atoms with Crippen molar-refractivity contribution >= 4 is 45.1 Å². The first-order chi connectivity index (χ1) is 11.0. The average Bonchev–Trinajstić information content (AvgIpc) is 2.88. The molecule has 3 aromatic rings. The third-order valence-corrected chi connectivity index (χ3v) is 4.57. The first-order valence-corrected chi connectivity index (χ1v) is 8.62. The van der Waals surface area contributed by atoms with Crippen LogP contribution in [-0.2, 0) is 11.5 Å². The molecule has 0 aliphatic heterocycles. The zero-order valence-corrected chi connectivity index (χ0v) is 14.9. The van der Waals surface area contributed by atoms with Crippen molar-refractivity contribution in [1.29, 1.82) is 0 Å². The molecule has 23 heavy (non-hydrogen) atoms. The molecular weight excluding hydrogens is 408 g/mol. The first kappa shape index (κ1) is 15.9. The normalized spacial score (nSPS) is 11.0. The summed E-state index contributed by atoms with van der Waals surface area (Å²) < 4.78 is 16.2. The first-order valence-electron chi connectivity index (χ1n) is 7.09. The number of nitrogens with zero attached hydrogens (tertiary/aromatic N) is 2. The Morgan fingerprint density at radius 1 is 1.35 bits per heavy atom. The Hall–Kier alpha value is -1.96. The number of benzene rings is 2. The molecule has 0 spiro atoms. The summed E-state index contributed by atoms with van der Waals surface area (Å²) in [6.07, 6.45) is 0. The molecule has 0 unspecified atom stereocenters. The van der Waals surface area contributed by atoms with Gasteiger partial charge in [-0.3, -0.25) is 9.48 Å². The van der Waals surface area contributed by atoms with E-state index in [2.05, 4.69) is 33.0 Å². The summed E-state index contributed by atoms with van der Waals surface area (Å²) in [7, 11) is 1.79. The summed E-state index contributed by atoms with van der Waals surface area (Å²) in [5.41, 5.74) is 3.16. The van der Waals surface area contributed by atoms with Crippen LogP contribution in [0.15, 0.2) is 36.4 Å². The Kier molecular flexibility index (Phi) is 4.34. The molecule has 4 nitrogen and oxygen atoms in total. The van der Waals surface area contributed by atoms with Crippen LogP contribution in [0.1, 0.15) is 21.6 Å². The van der Waals surface area contributed by atoms with E-state index in [-0.39, 0.29) is 11.7 Å². The van der Waals surface area contributed by atoms with Gasteiger partial charge in [0.1, 0.15) is 5.82 Å². The molecular formula is C17H15FIN3O. The Balaban J connectivity index is 2.00. The van der Waals surface area contributed by atoms with Crippen molar-refractivity contribution in [3.8, 4) is 0 Å². The average molecular weight is 423 g/mol. The van der Waals surface area contributed by atoms with Crippen molar-refractivity contribution < 1.29 is 9.18 Å². The Bertz CT molecular complexity index is 904. The van der Waals surface area contributed by atoms with Gasteiger partial charge in [0.25, 0.3) is 5.91 Å². The maximum Gasteiger partial charge on any atom is 0.276 e. The molecule has 0 saturated heterocycles. The van der Waals surface area contributed by atoms with Crippen LogP contribution in [0.5, 0.6) is 0 Å². The lowest BCUT2D eigenvalue weighted by Gasteiger charge is -2.10. The number of halogens is 2. The van der Waals surface area contributed by atoms with Crippen LogP contribution in [0, 0.1) is 12.7 Å². The van der Waals surface area contributed by atoms with E-state index < -0.39 is 0 Å². The number of nitrogens with one attached hydrogen (secondary N) is 1. The standard InChI is InChI=1S/C17H15FIN3O/c1-10-7-11(9-19)14(8-13(10)18)20-17(23)16-12-5-3-4-6-15(12)22(2)21-16/h3-8H,9H2,1-2H3,(H,20,23). The minimum Gasteiger partial charge on any atom is -0.320 e. The second-order valence-corrected chi connectivity index (χ2v) is 6.10. The van der Waals surface area contributed by atoms with Gasteiger partial charge in [0, 0.05) is 22.5 Å². The molecule has 0 atom stereocenters. The predicted octanol–water partition coefficient (Wildman–Crippen LogP) is 4.21. The molecule has 1 amide bonds. The van der Waals surface area contributed by atoms with E-state index in [9.17, 15) is 9.18 Å². The number of hydrogen-bond acceptors (Lipinski definition) is 2. The van der Waals surface area contributed by atoms with Gasteiger partial charge in [-0.05, 0) is 30.2 Å². The van der Waals surface area contributed by atoms with Crippen molar-refractivity contribution in [2.45, 2.75) is 11.4 Å². The van der Waals surface area contributed by atoms with Crippen LogP contribution in [0.2, 0.25) is 0 Å². The topological polar surface area (TPSA) is 46.9 Å². The number of amides is 1. The SMILES string of the molecule is Cc1cc(CI)c(NC(=O)c2nn(C)c3ccccc23)cc1F. The van der Waals surface area contributed by atoms with Gasteiger partial charge in [-0.15, -0.1) is 0 Å². The largest absolute Gasteiger partial charge is 0.320 e. The number of anilines is 1. The van der Waals surface area contributed by atoms with Crippen LogP contribution in [0.4, 0.5) is 10.1 Å². The van der Waals surface area contributed by atoms with Gasteiger partial charge < -0.3 is 5.32 Å². The molecule has 1 N–H and O–H groups in total. The number of rotatable bonds is 3. The van der Waals surface area contributed by atoms with Crippen LogP contribution in [0.25, 0.3) is 10.9 Å². The monoisotopic (exact) mass is 423 g/mol. The molecule has 2 aromatic carbocycles. The molecule has 0 fully saturated rings. The minimum atomic E-state index is -0.337. The fourth-order valence-electron chi connectivity index (χ4n) is 2.53. The Morgan fingerprint density at radius 2 is 2.09 bits per heavy atom. The lowest BCUT2D eigenvalue weighted by atomic mass is 10.1. The van der Waals surface area contributed by atoms with E-state index >= 15 is 0 Å². The summed E-state index contributed by atoms with van der Waals surface area (Å²) in [6, 6.07) is 10.6. The lowest BCUT2D eigenvalue weighted by molar-refractivity contribution is 0.102. The van der Waals surface area contributed by atoms with Crippen molar-refractivity contribution in [1.82, 2.24) is 9.78 Å². The highest BCUT2D eigenvalue weighted by Gasteiger charge is 2.17. The van der Waals surface area contributed by atoms with Gasteiger partial charge in [0.2, 0.25) is 0 Å². The minimum absolute atomic E-state index is 0.334. The van der Waals surface area contributed by atoms with E-state index in [1.54, 1.807) is 24.7 Å². The molecule has 1 aromatic heterocycles. The lowest BCUT2D eigenvalue weighted by Crippen LogP contribution is -2.15. The summed E-state index contributed by atoms with van der Waals surface area (Å²) in [5.74, 6) is -0.670. The molecule has 118 valence electrons. The number of para-hydroxylation sites is 1. The number of carbonyl (C=O) groups is 1. The summed E-state index contributed by atoms with van der Waals surface area (Å²) in [4.78, 5) is 12.6.